The van der Waals surface area contributed by atoms with Gasteiger partial charge in [0.2, 0.25) is 5.91 Å². The van der Waals surface area contributed by atoms with Crippen molar-refractivity contribution in [2.24, 2.45) is 0 Å². The van der Waals surface area contributed by atoms with E-state index in [0.29, 0.717) is 12.2 Å². The summed E-state index contributed by atoms with van der Waals surface area (Å²) in [7, 11) is 4.05. The number of carbonyl (C=O) groups excluding carboxylic acids is 1. The molecule has 0 aromatic carbocycles. The van der Waals surface area contributed by atoms with Crippen molar-refractivity contribution in [2.75, 3.05) is 26.0 Å². The Morgan fingerprint density at radius 1 is 1.53 bits per heavy atom. The second-order valence-corrected chi connectivity index (χ2v) is 4.42. The number of amides is 1. The molecule has 1 aromatic rings. The molecule has 0 aliphatic heterocycles. The zero-order valence-corrected chi connectivity index (χ0v) is 10.9. The summed E-state index contributed by atoms with van der Waals surface area (Å²) >= 11 is 0. The van der Waals surface area contributed by atoms with Crippen LogP contribution >= 0.6 is 0 Å². The van der Waals surface area contributed by atoms with Crippen molar-refractivity contribution in [3.05, 3.63) is 12.3 Å². The van der Waals surface area contributed by atoms with Crippen LogP contribution in [-0.2, 0) is 11.3 Å². The highest BCUT2D eigenvalue weighted by atomic mass is 16.1. The molecule has 0 bridgehead atoms. The Hall–Kier alpha value is -1.36. The largest absolute Gasteiger partial charge is 0.309 e. The van der Waals surface area contributed by atoms with E-state index in [1.165, 1.54) is 0 Å². The van der Waals surface area contributed by atoms with E-state index in [4.69, 9.17) is 0 Å². The molecule has 1 rings (SSSR count). The molecule has 0 unspecified atom stereocenters. The number of rotatable bonds is 7. The Labute approximate surface area is 103 Å². The molecular weight excluding hydrogens is 216 g/mol. The number of likely N-dealkylation sites (N-methyl/N-ethyl adjacent to an activating group) is 1. The molecule has 0 saturated carbocycles. The molecular formula is C12H22N4O. The van der Waals surface area contributed by atoms with Gasteiger partial charge < -0.3 is 10.2 Å². The third-order valence-corrected chi connectivity index (χ3v) is 2.44. The second-order valence-electron chi connectivity index (χ2n) is 4.42. The molecule has 1 N–H and O–H groups in total. The van der Waals surface area contributed by atoms with Crippen LogP contribution in [0.15, 0.2) is 12.3 Å². The number of hydrogen-bond donors (Lipinski definition) is 1. The summed E-state index contributed by atoms with van der Waals surface area (Å²) in [6.07, 6.45) is 4.41. The number of anilines is 1. The normalized spacial score (nSPS) is 10.8. The molecule has 17 heavy (non-hydrogen) atoms. The number of hydrogen-bond acceptors (Lipinski definition) is 3. The van der Waals surface area contributed by atoms with Gasteiger partial charge in [-0.3, -0.25) is 9.48 Å². The van der Waals surface area contributed by atoms with Crippen LogP contribution in [0, 0.1) is 0 Å². The lowest BCUT2D eigenvalue weighted by Gasteiger charge is -2.08. The van der Waals surface area contributed by atoms with E-state index in [1.54, 1.807) is 0 Å². The average Bonchev–Trinajstić information content (AvgIpc) is 2.71. The molecule has 1 heterocycles. The molecule has 96 valence electrons. The Morgan fingerprint density at radius 2 is 2.29 bits per heavy atom. The zero-order chi connectivity index (χ0) is 12.7. The summed E-state index contributed by atoms with van der Waals surface area (Å²) < 4.78 is 1.84. The van der Waals surface area contributed by atoms with Gasteiger partial charge in [0.25, 0.3) is 0 Å². The SMILES string of the molecule is CCCCC(=O)Nc1ccn(CCN(C)C)n1. The topological polar surface area (TPSA) is 50.2 Å². The summed E-state index contributed by atoms with van der Waals surface area (Å²) in [5, 5.41) is 7.09. The summed E-state index contributed by atoms with van der Waals surface area (Å²) in [4.78, 5) is 13.6. The first-order valence-electron chi connectivity index (χ1n) is 6.10. The van der Waals surface area contributed by atoms with Crippen molar-refractivity contribution in [1.29, 1.82) is 0 Å². The van der Waals surface area contributed by atoms with Gasteiger partial charge in [-0.25, -0.2) is 0 Å². The molecule has 1 amide bonds. The van der Waals surface area contributed by atoms with Crippen LogP contribution in [0.25, 0.3) is 0 Å². The fourth-order valence-corrected chi connectivity index (χ4v) is 1.40. The smallest absolute Gasteiger partial charge is 0.225 e. The summed E-state index contributed by atoms with van der Waals surface area (Å²) in [6, 6.07) is 1.83. The van der Waals surface area contributed by atoms with Gasteiger partial charge in [-0.15, -0.1) is 0 Å². The van der Waals surface area contributed by atoms with E-state index in [2.05, 4.69) is 22.2 Å². The zero-order valence-electron chi connectivity index (χ0n) is 10.9. The highest BCUT2D eigenvalue weighted by Gasteiger charge is 2.04. The van der Waals surface area contributed by atoms with Crippen LogP contribution in [-0.4, -0.2) is 41.2 Å². The number of carbonyl (C=O) groups is 1. The Bertz CT molecular complexity index is 346. The van der Waals surface area contributed by atoms with E-state index in [1.807, 2.05) is 31.0 Å². The van der Waals surface area contributed by atoms with Crippen LogP contribution in [0.2, 0.25) is 0 Å². The standard InChI is InChI=1S/C12H22N4O/c1-4-5-6-12(17)13-11-7-8-16(14-11)10-9-15(2)3/h7-8H,4-6,9-10H2,1-3H3,(H,13,14,17). The maximum atomic E-state index is 11.5. The second kappa shape index (κ2) is 7.06. The lowest BCUT2D eigenvalue weighted by atomic mass is 10.2. The van der Waals surface area contributed by atoms with E-state index in [9.17, 15) is 4.79 Å². The van der Waals surface area contributed by atoms with Crippen molar-refractivity contribution in [1.82, 2.24) is 14.7 Å². The van der Waals surface area contributed by atoms with Gasteiger partial charge in [0.1, 0.15) is 0 Å². The van der Waals surface area contributed by atoms with Gasteiger partial charge in [-0.1, -0.05) is 13.3 Å². The summed E-state index contributed by atoms with van der Waals surface area (Å²) in [5.41, 5.74) is 0. The molecule has 0 atom stereocenters. The Kier molecular flexibility index (Phi) is 5.69. The minimum Gasteiger partial charge on any atom is -0.309 e. The van der Waals surface area contributed by atoms with Crippen molar-refractivity contribution in [2.45, 2.75) is 32.7 Å². The van der Waals surface area contributed by atoms with Gasteiger partial charge in [-0.2, -0.15) is 5.10 Å². The monoisotopic (exact) mass is 238 g/mol. The average molecular weight is 238 g/mol. The molecule has 0 radical (unpaired) electrons. The lowest BCUT2D eigenvalue weighted by Crippen LogP contribution is -2.19. The molecule has 0 fully saturated rings. The maximum absolute atomic E-state index is 11.5. The van der Waals surface area contributed by atoms with Crippen LogP contribution in [0.1, 0.15) is 26.2 Å². The molecule has 0 aliphatic carbocycles. The fourth-order valence-electron chi connectivity index (χ4n) is 1.40. The van der Waals surface area contributed by atoms with Crippen LogP contribution in [0.5, 0.6) is 0 Å². The Morgan fingerprint density at radius 3 is 2.94 bits per heavy atom. The fraction of sp³-hybridized carbons (Fsp3) is 0.667. The third-order valence-electron chi connectivity index (χ3n) is 2.44. The van der Waals surface area contributed by atoms with Crippen molar-refractivity contribution in [3.8, 4) is 0 Å². The number of unbranched alkanes of at least 4 members (excludes halogenated alkanes) is 1. The van der Waals surface area contributed by atoms with Gasteiger partial charge in [0.05, 0.1) is 6.54 Å². The van der Waals surface area contributed by atoms with Gasteiger partial charge in [0.15, 0.2) is 5.82 Å². The van der Waals surface area contributed by atoms with Crippen molar-refractivity contribution in [3.63, 3.8) is 0 Å². The number of nitrogens with one attached hydrogen (secondary N) is 1. The predicted octanol–water partition coefficient (Wildman–Crippen LogP) is 1.57. The lowest BCUT2D eigenvalue weighted by molar-refractivity contribution is -0.116. The summed E-state index contributed by atoms with van der Waals surface area (Å²) in [6.45, 7) is 3.84. The quantitative estimate of drug-likeness (QED) is 0.784. The molecule has 5 nitrogen and oxygen atoms in total. The molecule has 1 aromatic heterocycles. The number of aromatic nitrogens is 2. The van der Waals surface area contributed by atoms with E-state index >= 15 is 0 Å². The van der Waals surface area contributed by atoms with Gasteiger partial charge >= 0.3 is 0 Å². The van der Waals surface area contributed by atoms with E-state index in [-0.39, 0.29) is 5.91 Å². The predicted molar refractivity (Wildman–Crippen MR) is 68.9 cm³/mol. The highest BCUT2D eigenvalue weighted by Crippen LogP contribution is 2.04. The van der Waals surface area contributed by atoms with Crippen molar-refractivity contribution < 1.29 is 4.79 Å². The minimum absolute atomic E-state index is 0.0460. The van der Waals surface area contributed by atoms with E-state index in [0.717, 1.165) is 25.9 Å². The summed E-state index contributed by atoms with van der Waals surface area (Å²) in [5.74, 6) is 0.689. The molecule has 0 saturated heterocycles. The van der Waals surface area contributed by atoms with Gasteiger partial charge in [0, 0.05) is 25.2 Å². The van der Waals surface area contributed by atoms with E-state index < -0.39 is 0 Å². The first kappa shape index (κ1) is 13.7. The van der Waals surface area contributed by atoms with Crippen LogP contribution < -0.4 is 5.32 Å². The molecule has 0 spiro atoms. The van der Waals surface area contributed by atoms with Crippen LogP contribution in [0.4, 0.5) is 5.82 Å². The van der Waals surface area contributed by atoms with Crippen LogP contribution in [0.3, 0.4) is 0 Å². The molecule has 5 heteroatoms. The Balaban J connectivity index is 2.37. The highest BCUT2D eigenvalue weighted by molar-refractivity contribution is 5.89. The molecule has 0 aliphatic rings. The first-order chi connectivity index (χ1) is 8.11. The number of nitrogens with zero attached hydrogens (tertiary/aromatic N) is 3. The first-order valence-corrected chi connectivity index (χ1v) is 6.10. The maximum Gasteiger partial charge on any atom is 0.225 e. The van der Waals surface area contributed by atoms with Gasteiger partial charge in [-0.05, 0) is 20.5 Å². The minimum atomic E-state index is 0.0460. The van der Waals surface area contributed by atoms with Crippen molar-refractivity contribution >= 4 is 11.7 Å². The third kappa shape index (κ3) is 5.49.